The van der Waals surface area contributed by atoms with E-state index in [0.29, 0.717) is 18.0 Å². The molecule has 1 fully saturated rings. The maximum Gasteiger partial charge on any atom is 0.261 e. The van der Waals surface area contributed by atoms with E-state index in [0.717, 1.165) is 29.1 Å². The third-order valence-corrected chi connectivity index (χ3v) is 5.31. The summed E-state index contributed by atoms with van der Waals surface area (Å²) in [6.07, 6.45) is 4.26. The summed E-state index contributed by atoms with van der Waals surface area (Å²) in [4.78, 5) is 14.9. The summed E-state index contributed by atoms with van der Waals surface area (Å²) < 4.78 is 0.930. The molecule has 0 bridgehead atoms. The zero-order chi connectivity index (χ0) is 16.1. The Hall–Kier alpha value is -1.67. The number of aromatic nitrogens is 2. The van der Waals surface area contributed by atoms with Crippen LogP contribution in [0.2, 0.25) is 0 Å². The first kappa shape index (κ1) is 16.2. The van der Waals surface area contributed by atoms with Crippen LogP contribution in [0.15, 0.2) is 28.2 Å². The van der Waals surface area contributed by atoms with E-state index in [1.54, 1.807) is 6.20 Å². The third kappa shape index (κ3) is 4.42. The van der Waals surface area contributed by atoms with Gasteiger partial charge in [0.05, 0.1) is 16.8 Å². The zero-order valence-corrected chi connectivity index (χ0v) is 15.0. The first-order valence-corrected chi connectivity index (χ1v) is 9.23. The number of thiophene rings is 1. The van der Waals surface area contributed by atoms with Crippen molar-refractivity contribution < 1.29 is 4.79 Å². The van der Waals surface area contributed by atoms with Crippen molar-refractivity contribution in [1.29, 1.82) is 0 Å². The van der Waals surface area contributed by atoms with E-state index in [9.17, 15) is 4.79 Å². The number of hydrogen-bond donors (Lipinski definition) is 2. The molecule has 2 aromatic heterocycles. The van der Waals surface area contributed by atoms with Crippen molar-refractivity contribution in [2.75, 3.05) is 36.4 Å². The summed E-state index contributed by atoms with van der Waals surface area (Å²) in [5.41, 5.74) is 1.10. The smallest absolute Gasteiger partial charge is 0.261 e. The van der Waals surface area contributed by atoms with Crippen molar-refractivity contribution in [3.8, 4) is 0 Å². The SMILES string of the molecule is O=C(NCCNc1cc(N2CCCC2)cnn1)c1cc(Br)cs1. The van der Waals surface area contributed by atoms with Crippen molar-refractivity contribution in [3.05, 3.63) is 33.1 Å². The molecular formula is C15H18BrN5OS. The molecule has 1 aliphatic rings. The fourth-order valence-corrected chi connectivity index (χ4v) is 3.82. The number of hydrogen-bond acceptors (Lipinski definition) is 6. The molecule has 0 aliphatic carbocycles. The minimum Gasteiger partial charge on any atom is -0.370 e. The number of anilines is 2. The largest absolute Gasteiger partial charge is 0.370 e. The molecule has 122 valence electrons. The highest BCUT2D eigenvalue weighted by atomic mass is 79.9. The fraction of sp³-hybridized carbons (Fsp3) is 0.400. The Morgan fingerprint density at radius 3 is 2.87 bits per heavy atom. The Balaban J connectivity index is 1.45. The summed E-state index contributed by atoms with van der Waals surface area (Å²) in [6.45, 7) is 3.30. The monoisotopic (exact) mass is 395 g/mol. The van der Waals surface area contributed by atoms with Gasteiger partial charge in [0, 0.05) is 42.1 Å². The number of carbonyl (C=O) groups excluding carboxylic acids is 1. The number of halogens is 1. The van der Waals surface area contributed by atoms with Crippen molar-refractivity contribution in [1.82, 2.24) is 15.5 Å². The Bertz CT molecular complexity index is 671. The van der Waals surface area contributed by atoms with Gasteiger partial charge in [-0.2, -0.15) is 5.10 Å². The van der Waals surface area contributed by atoms with Crippen LogP contribution < -0.4 is 15.5 Å². The van der Waals surface area contributed by atoms with Gasteiger partial charge in [0.25, 0.3) is 5.91 Å². The van der Waals surface area contributed by atoms with Crippen LogP contribution in [0.5, 0.6) is 0 Å². The summed E-state index contributed by atoms with van der Waals surface area (Å²) in [7, 11) is 0. The highest BCUT2D eigenvalue weighted by molar-refractivity contribution is 9.10. The Morgan fingerprint density at radius 2 is 2.13 bits per heavy atom. The van der Waals surface area contributed by atoms with Crippen LogP contribution in [0.1, 0.15) is 22.5 Å². The van der Waals surface area contributed by atoms with Gasteiger partial charge in [-0.05, 0) is 34.8 Å². The predicted octanol–water partition coefficient (Wildman–Crippen LogP) is 2.74. The lowest BCUT2D eigenvalue weighted by Gasteiger charge is -2.17. The zero-order valence-electron chi connectivity index (χ0n) is 12.6. The molecule has 1 amide bonds. The number of amides is 1. The normalized spacial score (nSPS) is 14.0. The van der Waals surface area contributed by atoms with Crippen molar-refractivity contribution >= 4 is 44.7 Å². The van der Waals surface area contributed by atoms with Crippen LogP contribution in [0, 0.1) is 0 Å². The lowest BCUT2D eigenvalue weighted by atomic mass is 10.4. The lowest BCUT2D eigenvalue weighted by Crippen LogP contribution is -2.28. The third-order valence-electron chi connectivity index (χ3n) is 3.62. The molecule has 0 atom stereocenters. The van der Waals surface area contributed by atoms with Gasteiger partial charge in [-0.3, -0.25) is 4.79 Å². The number of rotatable bonds is 6. The molecule has 1 saturated heterocycles. The molecule has 0 unspecified atom stereocenters. The van der Waals surface area contributed by atoms with Crippen LogP contribution in [-0.4, -0.2) is 42.3 Å². The molecule has 6 nitrogen and oxygen atoms in total. The summed E-state index contributed by atoms with van der Waals surface area (Å²) in [6, 6.07) is 3.83. The topological polar surface area (TPSA) is 70.2 Å². The summed E-state index contributed by atoms with van der Waals surface area (Å²) in [5, 5.41) is 16.1. The highest BCUT2D eigenvalue weighted by Crippen LogP contribution is 2.21. The number of nitrogens with one attached hydrogen (secondary N) is 2. The minimum atomic E-state index is -0.0561. The average molecular weight is 396 g/mol. The second kappa shape index (κ2) is 7.74. The van der Waals surface area contributed by atoms with Gasteiger partial charge < -0.3 is 15.5 Å². The van der Waals surface area contributed by atoms with Crippen LogP contribution in [0.25, 0.3) is 0 Å². The summed E-state index contributed by atoms with van der Waals surface area (Å²) >= 11 is 4.77. The van der Waals surface area contributed by atoms with E-state index >= 15 is 0 Å². The van der Waals surface area contributed by atoms with Gasteiger partial charge in [0.15, 0.2) is 5.82 Å². The Kier molecular flexibility index (Phi) is 5.45. The molecule has 0 saturated carbocycles. The van der Waals surface area contributed by atoms with Gasteiger partial charge in [-0.25, -0.2) is 0 Å². The van der Waals surface area contributed by atoms with Gasteiger partial charge in [-0.15, -0.1) is 16.4 Å². The summed E-state index contributed by atoms with van der Waals surface area (Å²) in [5.74, 6) is 0.682. The Labute approximate surface area is 147 Å². The van der Waals surface area contributed by atoms with Crippen molar-refractivity contribution in [2.45, 2.75) is 12.8 Å². The predicted molar refractivity (Wildman–Crippen MR) is 96.3 cm³/mol. The molecule has 0 spiro atoms. The van der Waals surface area contributed by atoms with Crippen LogP contribution >= 0.6 is 27.3 Å². The van der Waals surface area contributed by atoms with Crippen LogP contribution in [0.3, 0.4) is 0 Å². The second-order valence-corrected chi connectivity index (χ2v) is 7.13. The first-order valence-electron chi connectivity index (χ1n) is 7.56. The molecule has 0 radical (unpaired) electrons. The number of nitrogens with zero attached hydrogens (tertiary/aromatic N) is 3. The molecule has 1 aliphatic heterocycles. The molecular weight excluding hydrogens is 378 g/mol. The molecule has 0 aromatic carbocycles. The highest BCUT2D eigenvalue weighted by Gasteiger charge is 2.13. The van der Waals surface area contributed by atoms with Gasteiger partial charge in [0.2, 0.25) is 0 Å². The lowest BCUT2D eigenvalue weighted by molar-refractivity contribution is 0.0959. The fourth-order valence-electron chi connectivity index (χ4n) is 2.48. The van der Waals surface area contributed by atoms with Crippen molar-refractivity contribution in [3.63, 3.8) is 0 Å². The quantitative estimate of drug-likeness (QED) is 0.735. The van der Waals surface area contributed by atoms with Gasteiger partial charge in [-0.1, -0.05) is 0 Å². The molecule has 2 N–H and O–H groups in total. The maximum atomic E-state index is 11.9. The molecule has 2 aromatic rings. The molecule has 23 heavy (non-hydrogen) atoms. The molecule has 3 rings (SSSR count). The van der Waals surface area contributed by atoms with E-state index in [2.05, 4.69) is 41.7 Å². The van der Waals surface area contributed by atoms with E-state index < -0.39 is 0 Å². The number of carbonyl (C=O) groups is 1. The van der Waals surface area contributed by atoms with E-state index in [1.165, 1.54) is 24.2 Å². The van der Waals surface area contributed by atoms with Crippen molar-refractivity contribution in [2.24, 2.45) is 0 Å². The van der Waals surface area contributed by atoms with Crippen LogP contribution in [-0.2, 0) is 0 Å². The van der Waals surface area contributed by atoms with E-state index in [4.69, 9.17) is 0 Å². The maximum absolute atomic E-state index is 11.9. The van der Waals surface area contributed by atoms with Gasteiger partial charge >= 0.3 is 0 Å². The average Bonchev–Trinajstić information content (AvgIpc) is 3.23. The molecule has 3 heterocycles. The van der Waals surface area contributed by atoms with E-state index in [1.807, 2.05) is 17.5 Å². The van der Waals surface area contributed by atoms with E-state index in [-0.39, 0.29) is 5.91 Å². The van der Waals surface area contributed by atoms with Gasteiger partial charge in [0.1, 0.15) is 0 Å². The van der Waals surface area contributed by atoms with Crippen LogP contribution in [0.4, 0.5) is 11.5 Å². The first-order chi connectivity index (χ1) is 11.2. The second-order valence-electron chi connectivity index (χ2n) is 5.31. The minimum absolute atomic E-state index is 0.0561. The standard InChI is InChI=1S/C15H18BrN5OS/c16-11-7-13(23-10-11)15(22)18-4-3-17-14-8-12(9-19-20-14)21-5-1-2-6-21/h7-10H,1-6H2,(H,17,20)(H,18,22). The Morgan fingerprint density at radius 1 is 1.30 bits per heavy atom. The molecule has 8 heteroatoms.